The molecule has 0 unspecified atom stereocenters. The van der Waals surface area contributed by atoms with Gasteiger partial charge in [-0.05, 0) is 61.4 Å². The molecule has 1 aromatic carbocycles. The Morgan fingerprint density at radius 1 is 1.18 bits per heavy atom. The van der Waals surface area contributed by atoms with Crippen LogP contribution in [0, 0.1) is 12.7 Å². The highest BCUT2D eigenvalue weighted by atomic mass is 79.9. The van der Waals surface area contributed by atoms with Crippen molar-refractivity contribution in [2.24, 2.45) is 0 Å². The topological polar surface area (TPSA) is 80.0 Å². The van der Waals surface area contributed by atoms with E-state index >= 15 is 0 Å². The van der Waals surface area contributed by atoms with Crippen LogP contribution in [0.1, 0.15) is 61.9 Å². The molecule has 3 aromatic rings. The molecule has 34 heavy (non-hydrogen) atoms. The average molecular weight is 537 g/mol. The predicted molar refractivity (Wildman–Crippen MR) is 126 cm³/mol. The van der Waals surface area contributed by atoms with Crippen molar-refractivity contribution in [2.45, 2.75) is 69.6 Å². The minimum Gasteiger partial charge on any atom is -0.390 e. The number of nitrogens with one attached hydrogen (secondary N) is 1. The normalized spacial score (nSPS) is 24.2. The molecule has 3 fully saturated rings. The zero-order valence-electron chi connectivity index (χ0n) is 18.5. The summed E-state index contributed by atoms with van der Waals surface area (Å²) in [5, 5.41) is 14.2. The zero-order valence-corrected chi connectivity index (χ0v) is 20.1. The quantitative estimate of drug-likeness (QED) is 0.459. The lowest BCUT2D eigenvalue weighted by molar-refractivity contribution is -0.0865. The first-order chi connectivity index (χ1) is 16.1. The van der Waals surface area contributed by atoms with Crippen LogP contribution in [0.4, 0.5) is 19.0 Å². The van der Waals surface area contributed by atoms with Crippen molar-refractivity contribution in [3.8, 4) is 0 Å². The number of halogens is 4. The SMILES string of the molecule is Cc1nc(NCc2cccc(C(F)F)c2F)c2cn(C34CCC(O)(CC3)CC4)c(=O)c(Br)c2n1. The summed E-state index contributed by atoms with van der Waals surface area (Å²) >= 11 is 3.43. The van der Waals surface area contributed by atoms with Crippen molar-refractivity contribution < 1.29 is 18.3 Å². The standard InChI is InChI=1S/C24H24BrF3N4O2/c1-13-30-19-16(21(31-13)29-11-14-3-2-4-15(18(14)26)20(27)28)12-32(22(33)17(19)25)23-5-8-24(34,9-6-23)10-7-23/h2-4,12,20,34H,5-11H2,1H3,(H,29,30,31). The first-order valence-corrected chi connectivity index (χ1v) is 12.0. The lowest BCUT2D eigenvalue weighted by Crippen LogP contribution is -2.53. The molecule has 0 atom stereocenters. The fourth-order valence-electron chi connectivity index (χ4n) is 5.34. The summed E-state index contributed by atoms with van der Waals surface area (Å²) in [5.74, 6) is -0.152. The maximum atomic E-state index is 14.5. The summed E-state index contributed by atoms with van der Waals surface area (Å²) in [4.78, 5) is 22.2. The largest absolute Gasteiger partial charge is 0.390 e. The van der Waals surface area contributed by atoms with Gasteiger partial charge in [-0.15, -0.1) is 0 Å². The lowest BCUT2D eigenvalue weighted by atomic mass is 9.63. The van der Waals surface area contributed by atoms with Crippen molar-refractivity contribution in [1.82, 2.24) is 14.5 Å². The first-order valence-electron chi connectivity index (χ1n) is 11.2. The molecule has 3 aliphatic carbocycles. The summed E-state index contributed by atoms with van der Waals surface area (Å²) in [6.45, 7) is 1.62. The van der Waals surface area contributed by atoms with E-state index < -0.39 is 28.9 Å². The molecule has 0 spiro atoms. The van der Waals surface area contributed by atoms with Gasteiger partial charge in [-0.1, -0.05) is 18.2 Å². The van der Waals surface area contributed by atoms with Gasteiger partial charge in [-0.25, -0.2) is 23.1 Å². The highest BCUT2D eigenvalue weighted by Gasteiger charge is 2.49. The number of aromatic nitrogens is 3. The van der Waals surface area contributed by atoms with Gasteiger partial charge < -0.3 is 15.0 Å². The predicted octanol–water partition coefficient (Wildman–Crippen LogP) is 5.35. The highest BCUT2D eigenvalue weighted by molar-refractivity contribution is 9.10. The molecule has 0 saturated heterocycles. The Kier molecular flexibility index (Phi) is 5.71. The summed E-state index contributed by atoms with van der Waals surface area (Å²) in [5.41, 5.74) is -1.35. The van der Waals surface area contributed by atoms with Crippen molar-refractivity contribution in [1.29, 1.82) is 0 Å². The number of pyridine rings is 1. The molecule has 0 aliphatic heterocycles. The van der Waals surface area contributed by atoms with Crippen molar-refractivity contribution >= 4 is 32.7 Å². The third-order valence-electron chi connectivity index (χ3n) is 7.40. The van der Waals surface area contributed by atoms with E-state index in [1.807, 2.05) is 0 Å². The van der Waals surface area contributed by atoms with Gasteiger partial charge in [0.25, 0.3) is 12.0 Å². The number of anilines is 1. The number of hydrogen-bond acceptors (Lipinski definition) is 5. The maximum Gasteiger partial charge on any atom is 0.267 e. The zero-order chi connectivity index (χ0) is 24.3. The molecular formula is C24H24BrF3N4O2. The fourth-order valence-corrected chi connectivity index (χ4v) is 5.84. The Bertz CT molecular complexity index is 1320. The fraction of sp³-hybridized carbons (Fsp3) is 0.458. The summed E-state index contributed by atoms with van der Waals surface area (Å²) in [7, 11) is 0. The molecule has 180 valence electrons. The number of aliphatic hydroxyl groups is 1. The number of fused-ring (bicyclic) bond motifs is 4. The van der Waals surface area contributed by atoms with E-state index in [9.17, 15) is 23.1 Å². The van der Waals surface area contributed by atoms with Gasteiger partial charge in [0.1, 0.15) is 21.9 Å². The molecule has 6 nitrogen and oxygen atoms in total. The monoisotopic (exact) mass is 536 g/mol. The van der Waals surface area contributed by atoms with Crippen LogP contribution in [-0.2, 0) is 12.1 Å². The third-order valence-corrected chi connectivity index (χ3v) is 8.11. The minimum atomic E-state index is -2.91. The average Bonchev–Trinajstić information content (AvgIpc) is 2.81. The van der Waals surface area contributed by atoms with Crippen molar-refractivity contribution in [2.75, 3.05) is 5.32 Å². The van der Waals surface area contributed by atoms with Gasteiger partial charge in [-0.3, -0.25) is 4.79 Å². The van der Waals surface area contributed by atoms with Gasteiger partial charge in [0.15, 0.2) is 0 Å². The molecule has 3 saturated carbocycles. The molecule has 2 heterocycles. The van der Waals surface area contributed by atoms with E-state index in [0.29, 0.717) is 65.5 Å². The third kappa shape index (κ3) is 3.80. The lowest BCUT2D eigenvalue weighted by Gasteiger charge is -2.51. The van der Waals surface area contributed by atoms with Crippen LogP contribution in [-0.4, -0.2) is 25.2 Å². The van der Waals surface area contributed by atoms with Crippen LogP contribution in [0.25, 0.3) is 10.9 Å². The molecule has 2 aromatic heterocycles. The number of nitrogens with zero attached hydrogens (tertiary/aromatic N) is 3. The van der Waals surface area contributed by atoms with Crippen LogP contribution < -0.4 is 10.9 Å². The van der Waals surface area contributed by atoms with E-state index in [-0.39, 0.29) is 17.7 Å². The first kappa shape index (κ1) is 23.3. The van der Waals surface area contributed by atoms with Gasteiger partial charge in [0, 0.05) is 23.8 Å². The van der Waals surface area contributed by atoms with Crippen LogP contribution in [0.2, 0.25) is 0 Å². The smallest absolute Gasteiger partial charge is 0.267 e. The van der Waals surface area contributed by atoms with Crippen LogP contribution >= 0.6 is 15.9 Å². The molecule has 2 N–H and O–H groups in total. The van der Waals surface area contributed by atoms with Gasteiger partial charge in [0.2, 0.25) is 0 Å². The van der Waals surface area contributed by atoms with E-state index in [0.717, 1.165) is 6.07 Å². The second-order valence-corrected chi connectivity index (χ2v) is 10.2. The van der Waals surface area contributed by atoms with Crippen molar-refractivity contribution in [3.05, 3.63) is 62.0 Å². The number of hydrogen-bond donors (Lipinski definition) is 2. The Hall–Kier alpha value is -2.46. The van der Waals surface area contributed by atoms with Crippen LogP contribution in [0.5, 0.6) is 0 Å². The van der Waals surface area contributed by atoms with E-state index in [2.05, 4.69) is 31.2 Å². The second-order valence-electron chi connectivity index (χ2n) is 9.42. The van der Waals surface area contributed by atoms with Crippen LogP contribution in [0.3, 0.4) is 0 Å². The van der Waals surface area contributed by atoms with Crippen LogP contribution in [0.15, 0.2) is 33.7 Å². The van der Waals surface area contributed by atoms with E-state index in [1.165, 1.54) is 12.1 Å². The van der Waals surface area contributed by atoms with Crippen molar-refractivity contribution in [3.63, 3.8) is 0 Å². The minimum absolute atomic E-state index is 0.0626. The second kappa shape index (κ2) is 8.34. The number of benzene rings is 1. The molecule has 3 aliphatic rings. The summed E-state index contributed by atoms with van der Waals surface area (Å²) in [6.07, 6.45) is 2.86. The van der Waals surface area contributed by atoms with Gasteiger partial charge in [-0.2, -0.15) is 0 Å². The number of aryl methyl sites for hydroxylation is 1. The van der Waals surface area contributed by atoms with Gasteiger partial charge in [0.05, 0.1) is 22.1 Å². The maximum absolute atomic E-state index is 14.5. The Morgan fingerprint density at radius 3 is 2.50 bits per heavy atom. The Morgan fingerprint density at radius 2 is 1.85 bits per heavy atom. The summed E-state index contributed by atoms with van der Waals surface area (Å²) < 4.78 is 42.8. The molecule has 0 amide bonds. The van der Waals surface area contributed by atoms with E-state index in [1.54, 1.807) is 17.7 Å². The number of alkyl halides is 2. The Labute approximate surface area is 202 Å². The van der Waals surface area contributed by atoms with E-state index in [4.69, 9.17) is 0 Å². The van der Waals surface area contributed by atoms with Gasteiger partial charge >= 0.3 is 0 Å². The highest BCUT2D eigenvalue weighted by Crippen LogP contribution is 2.50. The molecular weight excluding hydrogens is 513 g/mol. The molecule has 0 radical (unpaired) electrons. The Balaban J connectivity index is 1.57. The molecule has 6 rings (SSSR count). The molecule has 10 heteroatoms. The molecule has 2 bridgehead atoms. The number of rotatable bonds is 5. The summed E-state index contributed by atoms with van der Waals surface area (Å²) in [6, 6.07) is 3.91.